The van der Waals surface area contributed by atoms with Crippen molar-refractivity contribution in [1.82, 2.24) is 4.57 Å². The first-order valence-corrected chi connectivity index (χ1v) is 23.4. The van der Waals surface area contributed by atoms with Crippen LogP contribution in [0.4, 0.5) is 17.1 Å². The van der Waals surface area contributed by atoms with Crippen LogP contribution >= 0.6 is 0 Å². The summed E-state index contributed by atoms with van der Waals surface area (Å²) in [5, 5.41) is 2.56. The van der Waals surface area contributed by atoms with Crippen LogP contribution in [-0.4, -0.2) is 4.57 Å². The van der Waals surface area contributed by atoms with Crippen molar-refractivity contribution >= 4 is 38.9 Å². The lowest BCUT2D eigenvalue weighted by atomic mass is 9.82. The Hall–Kier alpha value is -8.20. The number of benzene rings is 10. The van der Waals surface area contributed by atoms with Crippen molar-refractivity contribution in [2.75, 3.05) is 4.90 Å². The number of aromatic nitrogens is 1. The predicted octanol–water partition coefficient (Wildman–Crippen LogP) is 17.8. The average Bonchev–Trinajstić information content (AvgIpc) is 3.82. The third-order valence-corrected chi connectivity index (χ3v) is 14.0. The van der Waals surface area contributed by atoms with Crippen LogP contribution in [0, 0.1) is 13.8 Å². The summed E-state index contributed by atoms with van der Waals surface area (Å²) in [6.07, 6.45) is 0. The largest absolute Gasteiger partial charge is 0.310 e. The zero-order chi connectivity index (χ0) is 45.2. The first-order valence-electron chi connectivity index (χ1n) is 23.4. The third kappa shape index (κ3) is 7.05. The molecule has 12 rings (SSSR count). The molecule has 1 aliphatic carbocycles. The van der Waals surface area contributed by atoms with E-state index in [1.54, 1.807) is 0 Å². The molecule has 0 radical (unpaired) electrons. The first kappa shape index (κ1) is 40.3. The molecule has 10 aromatic carbocycles. The SMILES string of the molecule is Cc1cc(C)cc(-c2cc(-c3ccc(-c4ccccc4)cc3)cc(-c3ccc(N(c4ccccc4)c4ccc5c(c4)C(C)(C)c4cc(-n6c7ccccc7c7ccccc76)ccc4-5)cc3)c2)c1. The van der Waals surface area contributed by atoms with Gasteiger partial charge in [0.2, 0.25) is 0 Å². The Morgan fingerprint density at radius 3 is 1.34 bits per heavy atom. The summed E-state index contributed by atoms with van der Waals surface area (Å²) in [5.41, 5.74) is 24.3. The fourth-order valence-corrected chi connectivity index (χ4v) is 10.8. The highest BCUT2D eigenvalue weighted by Crippen LogP contribution is 2.52. The van der Waals surface area contributed by atoms with Gasteiger partial charge >= 0.3 is 0 Å². The minimum atomic E-state index is -0.220. The van der Waals surface area contributed by atoms with Crippen LogP contribution in [0.5, 0.6) is 0 Å². The Kier molecular flexibility index (Phi) is 9.66. The van der Waals surface area contributed by atoms with Crippen LogP contribution in [0.1, 0.15) is 36.1 Å². The second-order valence-electron chi connectivity index (χ2n) is 18.8. The van der Waals surface area contributed by atoms with Crippen LogP contribution in [0.25, 0.3) is 83.1 Å². The molecule has 0 spiro atoms. The standard InChI is InChI=1S/C65H50N2/c1-43-35-44(2)37-49(36-43)52-39-50(47-25-23-46(24-26-47)45-15-7-5-8-16-45)38-51(40-52)48-27-29-54(30-28-48)66(53-17-9-6-10-18-53)55-31-33-57-58-34-32-56(42-62(58)65(3,4)61(57)41-55)67-63-21-13-11-19-59(63)60-20-12-14-22-64(60)67/h5-42H,1-4H3. The molecule has 0 fully saturated rings. The quantitative estimate of drug-likeness (QED) is 0.148. The molecule has 11 aromatic rings. The van der Waals surface area contributed by atoms with Crippen molar-refractivity contribution in [2.45, 2.75) is 33.1 Å². The van der Waals surface area contributed by atoms with E-state index in [0.717, 1.165) is 17.1 Å². The second-order valence-corrected chi connectivity index (χ2v) is 18.8. The van der Waals surface area contributed by atoms with Crippen molar-refractivity contribution in [2.24, 2.45) is 0 Å². The molecule has 0 unspecified atom stereocenters. The number of hydrogen-bond donors (Lipinski definition) is 0. The van der Waals surface area contributed by atoms with Crippen molar-refractivity contribution in [3.8, 4) is 61.3 Å². The van der Waals surface area contributed by atoms with Gasteiger partial charge in [0.15, 0.2) is 0 Å². The minimum Gasteiger partial charge on any atom is -0.310 e. The van der Waals surface area contributed by atoms with E-state index < -0.39 is 0 Å². The van der Waals surface area contributed by atoms with E-state index in [9.17, 15) is 0 Å². The molecule has 67 heavy (non-hydrogen) atoms. The van der Waals surface area contributed by atoms with Gasteiger partial charge < -0.3 is 9.47 Å². The monoisotopic (exact) mass is 858 g/mol. The molecule has 0 aliphatic heterocycles. The summed E-state index contributed by atoms with van der Waals surface area (Å²) in [5.74, 6) is 0. The van der Waals surface area contributed by atoms with Crippen molar-refractivity contribution in [3.63, 3.8) is 0 Å². The topological polar surface area (TPSA) is 8.17 Å². The summed E-state index contributed by atoms with van der Waals surface area (Å²) >= 11 is 0. The van der Waals surface area contributed by atoms with E-state index in [0.29, 0.717) is 0 Å². The van der Waals surface area contributed by atoms with Gasteiger partial charge in [-0.25, -0.2) is 0 Å². The van der Waals surface area contributed by atoms with Crippen LogP contribution in [0.2, 0.25) is 0 Å². The average molecular weight is 859 g/mol. The fraction of sp³-hybridized carbons (Fsp3) is 0.0769. The third-order valence-electron chi connectivity index (χ3n) is 14.0. The molecule has 2 heteroatoms. The molecule has 2 nitrogen and oxygen atoms in total. The van der Waals surface area contributed by atoms with Gasteiger partial charge in [-0.3, -0.25) is 0 Å². The van der Waals surface area contributed by atoms with Crippen LogP contribution in [-0.2, 0) is 5.41 Å². The highest BCUT2D eigenvalue weighted by atomic mass is 15.1. The Bertz CT molecular complexity index is 3580. The van der Waals surface area contributed by atoms with Gasteiger partial charge in [0.25, 0.3) is 0 Å². The summed E-state index contributed by atoms with van der Waals surface area (Å²) in [4.78, 5) is 2.40. The number of aryl methyl sites for hydroxylation is 2. The maximum atomic E-state index is 2.43. The maximum Gasteiger partial charge on any atom is 0.0541 e. The fourth-order valence-electron chi connectivity index (χ4n) is 10.8. The van der Waals surface area contributed by atoms with Crippen LogP contribution in [0.15, 0.2) is 231 Å². The normalized spacial score (nSPS) is 12.6. The Morgan fingerprint density at radius 2 is 0.746 bits per heavy atom. The number of fused-ring (bicyclic) bond motifs is 6. The number of anilines is 3. The number of para-hydroxylation sites is 3. The molecule has 0 bridgehead atoms. The predicted molar refractivity (Wildman–Crippen MR) is 284 cm³/mol. The molecule has 1 aromatic heterocycles. The Morgan fingerprint density at radius 1 is 0.328 bits per heavy atom. The van der Waals surface area contributed by atoms with E-state index in [-0.39, 0.29) is 5.41 Å². The van der Waals surface area contributed by atoms with E-state index in [2.05, 4.69) is 268 Å². The maximum absolute atomic E-state index is 2.43. The van der Waals surface area contributed by atoms with Gasteiger partial charge in [-0.05, 0) is 159 Å². The van der Waals surface area contributed by atoms with Gasteiger partial charge in [-0.15, -0.1) is 0 Å². The minimum absolute atomic E-state index is 0.220. The molecule has 320 valence electrons. The van der Waals surface area contributed by atoms with Gasteiger partial charge in [0.05, 0.1) is 11.0 Å². The van der Waals surface area contributed by atoms with Gasteiger partial charge in [-0.2, -0.15) is 0 Å². The summed E-state index contributed by atoms with van der Waals surface area (Å²) in [7, 11) is 0. The molecule has 1 aliphatic rings. The zero-order valence-electron chi connectivity index (χ0n) is 38.3. The van der Waals surface area contributed by atoms with Crippen LogP contribution in [0.3, 0.4) is 0 Å². The smallest absolute Gasteiger partial charge is 0.0541 e. The molecule has 0 saturated heterocycles. The van der Waals surface area contributed by atoms with E-state index in [1.165, 1.54) is 105 Å². The Balaban J connectivity index is 0.919. The summed E-state index contributed by atoms with van der Waals surface area (Å²) in [6.45, 7) is 9.14. The molecule has 0 amide bonds. The highest BCUT2D eigenvalue weighted by molar-refractivity contribution is 6.09. The summed E-state index contributed by atoms with van der Waals surface area (Å²) < 4.78 is 2.43. The summed E-state index contributed by atoms with van der Waals surface area (Å²) in [6, 6.07) is 85.1. The molecule has 1 heterocycles. The van der Waals surface area contributed by atoms with E-state index in [1.807, 2.05) is 0 Å². The molecule has 0 N–H and O–H groups in total. The lowest BCUT2D eigenvalue weighted by Gasteiger charge is -2.28. The second kappa shape index (κ2) is 16.0. The molecule has 0 atom stereocenters. The van der Waals surface area contributed by atoms with Crippen molar-refractivity contribution in [3.05, 3.63) is 253 Å². The van der Waals surface area contributed by atoms with Gasteiger partial charge in [0.1, 0.15) is 0 Å². The van der Waals surface area contributed by atoms with Gasteiger partial charge in [-0.1, -0.05) is 177 Å². The lowest BCUT2D eigenvalue weighted by molar-refractivity contribution is 0.660. The van der Waals surface area contributed by atoms with Crippen molar-refractivity contribution in [1.29, 1.82) is 0 Å². The Labute approximate surface area is 393 Å². The zero-order valence-corrected chi connectivity index (χ0v) is 38.3. The molecular weight excluding hydrogens is 809 g/mol. The first-order chi connectivity index (χ1) is 32.8. The number of nitrogens with zero attached hydrogens (tertiary/aromatic N) is 2. The van der Waals surface area contributed by atoms with Crippen molar-refractivity contribution < 1.29 is 0 Å². The van der Waals surface area contributed by atoms with E-state index >= 15 is 0 Å². The number of hydrogen-bond acceptors (Lipinski definition) is 1. The number of rotatable bonds is 8. The molecular formula is C65H50N2. The lowest BCUT2D eigenvalue weighted by Crippen LogP contribution is -2.17. The highest BCUT2D eigenvalue weighted by Gasteiger charge is 2.36. The van der Waals surface area contributed by atoms with Crippen LogP contribution < -0.4 is 4.90 Å². The van der Waals surface area contributed by atoms with E-state index in [4.69, 9.17) is 0 Å². The molecule has 0 saturated carbocycles. The van der Waals surface area contributed by atoms with Gasteiger partial charge in [0, 0.05) is 38.9 Å².